The molecule has 2 fully saturated rings. The first-order valence-corrected chi connectivity index (χ1v) is 13.0. The number of aliphatic hydroxyl groups is 1. The number of β-lactam (4-membered cyclic amide) rings is 1. The lowest BCUT2D eigenvalue weighted by atomic mass is 9.79. The average Bonchev–Trinajstić information content (AvgIpc) is 3.39. The molecule has 2 radical (unpaired) electrons. The quantitative estimate of drug-likeness (QED) is 0.162. The lowest BCUT2D eigenvalue weighted by Gasteiger charge is -2.46. The number of benzene rings is 1. The summed E-state index contributed by atoms with van der Waals surface area (Å²) in [5, 5.41) is 16.1. The van der Waals surface area contributed by atoms with E-state index in [2.05, 4.69) is 15.6 Å². The first-order chi connectivity index (χ1) is 16.8. The van der Waals surface area contributed by atoms with Crippen molar-refractivity contribution in [3.63, 3.8) is 0 Å². The van der Waals surface area contributed by atoms with E-state index < -0.39 is 33.0 Å². The molecule has 0 aromatic heterocycles. The molecule has 2 saturated heterocycles. The zero-order valence-electron chi connectivity index (χ0n) is 19.2. The van der Waals surface area contributed by atoms with Crippen molar-refractivity contribution in [2.75, 3.05) is 11.9 Å². The zero-order chi connectivity index (χ0) is 25.3. The van der Waals surface area contributed by atoms with Gasteiger partial charge in [-0.15, -0.1) is 11.8 Å². The van der Waals surface area contributed by atoms with Gasteiger partial charge in [-0.05, 0) is 25.5 Å². The van der Waals surface area contributed by atoms with E-state index in [0.29, 0.717) is 29.1 Å². The molecule has 1 aromatic carbocycles. The SMILES string of the molecule is [B]NPOC(=O)C1=C(S[C@@H]2CN[C@H](C(=O)Nc3cccc(C=O)c3)C2)[C@H](C)[C@@H]2[C@@H]([C@@H](C)O)C(=O)N12. The predicted molar refractivity (Wildman–Crippen MR) is 134 cm³/mol. The van der Waals surface area contributed by atoms with E-state index in [4.69, 9.17) is 12.5 Å². The van der Waals surface area contributed by atoms with Crippen LogP contribution in [-0.4, -0.2) is 72.0 Å². The Morgan fingerprint density at radius 1 is 1.43 bits per heavy atom. The molecular formula is C22H26BN4O6PS. The third-order valence-corrected chi connectivity index (χ3v) is 8.41. The van der Waals surface area contributed by atoms with Gasteiger partial charge in [-0.1, -0.05) is 19.1 Å². The van der Waals surface area contributed by atoms with Crippen molar-refractivity contribution < 1.29 is 28.8 Å². The summed E-state index contributed by atoms with van der Waals surface area (Å²) in [5.41, 5.74) is 1.20. The second-order valence-electron chi connectivity index (χ2n) is 8.77. The molecule has 3 aliphatic rings. The zero-order valence-corrected chi connectivity index (χ0v) is 21.0. The molecule has 7 atom stereocenters. The van der Waals surface area contributed by atoms with Gasteiger partial charge in [-0.25, -0.2) is 4.79 Å². The monoisotopic (exact) mass is 516 g/mol. The molecule has 0 bridgehead atoms. The topological polar surface area (TPSA) is 137 Å². The Morgan fingerprint density at radius 3 is 2.89 bits per heavy atom. The molecule has 1 aromatic rings. The minimum absolute atomic E-state index is 0.0267. The van der Waals surface area contributed by atoms with Gasteiger partial charge in [0, 0.05) is 33.9 Å². The Morgan fingerprint density at radius 2 is 2.20 bits per heavy atom. The number of fused-ring (bicyclic) bond motifs is 1. The number of carbonyl (C=O) groups excluding carboxylic acids is 4. The van der Waals surface area contributed by atoms with Crippen LogP contribution in [0.15, 0.2) is 34.9 Å². The van der Waals surface area contributed by atoms with Crippen molar-refractivity contribution in [2.45, 2.75) is 43.7 Å². The number of hydrogen-bond donors (Lipinski definition) is 4. The van der Waals surface area contributed by atoms with Crippen LogP contribution in [0.3, 0.4) is 0 Å². The van der Waals surface area contributed by atoms with Crippen molar-refractivity contribution in [2.24, 2.45) is 11.8 Å². The number of hydrogen-bond acceptors (Lipinski definition) is 9. The third kappa shape index (κ3) is 5.03. The minimum atomic E-state index is -0.834. The largest absolute Gasteiger partial charge is 0.428 e. The van der Waals surface area contributed by atoms with E-state index in [1.54, 1.807) is 31.2 Å². The number of aliphatic hydroxyl groups excluding tert-OH is 1. The highest BCUT2D eigenvalue weighted by atomic mass is 32.2. The van der Waals surface area contributed by atoms with Gasteiger partial charge in [0.25, 0.3) is 0 Å². The number of nitrogens with one attached hydrogen (secondary N) is 3. The molecule has 4 N–H and O–H groups in total. The molecule has 1 unspecified atom stereocenters. The molecule has 3 heterocycles. The minimum Gasteiger partial charge on any atom is -0.428 e. The molecule has 13 heteroatoms. The van der Waals surface area contributed by atoms with Crippen molar-refractivity contribution in [3.05, 3.63) is 40.4 Å². The van der Waals surface area contributed by atoms with Crippen LogP contribution in [-0.2, 0) is 18.9 Å². The van der Waals surface area contributed by atoms with Gasteiger partial charge >= 0.3 is 5.97 Å². The Bertz CT molecular complexity index is 1070. The Hall–Kier alpha value is -2.24. The van der Waals surface area contributed by atoms with E-state index >= 15 is 0 Å². The molecule has 4 rings (SSSR count). The van der Waals surface area contributed by atoms with Crippen LogP contribution in [0.5, 0.6) is 0 Å². The van der Waals surface area contributed by atoms with Crippen LogP contribution in [0.1, 0.15) is 30.6 Å². The highest BCUT2D eigenvalue weighted by Crippen LogP contribution is 2.52. The van der Waals surface area contributed by atoms with E-state index in [-0.39, 0.29) is 34.7 Å². The van der Waals surface area contributed by atoms with Gasteiger partial charge in [-0.2, -0.15) is 0 Å². The number of amides is 2. The number of rotatable bonds is 9. The van der Waals surface area contributed by atoms with Crippen molar-refractivity contribution in [1.29, 1.82) is 0 Å². The molecule has 2 amide bonds. The Labute approximate surface area is 210 Å². The smallest absolute Gasteiger partial charge is 0.359 e. The molecule has 0 saturated carbocycles. The number of nitrogens with zero attached hydrogens (tertiary/aromatic N) is 1. The summed E-state index contributed by atoms with van der Waals surface area (Å²) in [6.07, 6.45) is 0.391. The predicted octanol–water partition coefficient (Wildman–Crippen LogP) is 0.695. The summed E-state index contributed by atoms with van der Waals surface area (Å²) in [5.74, 6) is -1.92. The van der Waals surface area contributed by atoms with Crippen LogP contribution >= 0.6 is 20.7 Å². The van der Waals surface area contributed by atoms with Crippen molar-refractivity contribution in [1.82, 2.24) is 15.2 Å². The third-order valence-electron chi connectivity index (χ3n) is 6.50. The van der Waals surface area contributed by atoms with Crippen molar-refractivity contribution >= 4 is 58.5 Å². The average molecular weight is 516 g/mol. The van der Waals surface area contributed by atoms with E-state index in [0.717, 1.165) is 6.29 Å². The lowest BCUT2D eigenvalue weighted by molar-refractivity contribution is -0.162. The number of carbonyl (C=O) groups is 4. The maximum atomic E-state index is 12.8. The highest BCUT2D eigenvalue weighted by Gasteiger charge is 2.60. The first kappa shape index (κ1) is 25.8. The summed E-state index contributed by atoms with van der Waals surface area (Å²) in [6.45, 7) is 4.03. The second-order valence-corrected chi connectivity index (χ2v) is 10.8. The summed E-state index contributed by atoms with van der Waals surface area (Å²) < 4.78 is 5.18. The van der Waals surface area contributed by atoms with Gasteiger partial charge in [0.05, 0.1) is 24.1 Å². The highest BCUT2D eigenvalue weighted by molar-refractivity contribution is 8.03. The van der Waals surface area contributed by atoms with Crippen molar-refractivity contribution in [3.8, 4) is 0 Å². The number of aldehydes is 1. The van der Waals surface area contributed by atoms with Crippen LogP contribution in [0.4, 0.5) is 5.69 Å². The van der Waals surface area contributed by atoms with Gasteiger partial charge in [0.2, 0.25) is 11.8 Å². The summed E-state index contributed by atoms with van der Waals surface area (Å²) in [7, 11) is 4.77. The standard InChI is InChI=1S/C22H26BN4O6PS/c1-10-17-16(11(2)29)21(31)27(17)18(22(32)33-34-26-23)19(10)35-14-7-15(24-8-14)20(30)25-13-5-3-4-12(6-13)9-28/h3-6,9-11,14-17,24,26,29,34H,7-8H2,1-2H3,(H,25,30)/t10-,11-,14+,15+,16-,17-/m1/s1. The molecule has 3 aliphatic heterocycles. The van der Waals surface area contributed by atoms with Gasteiger partial charge < -0.3 is 30.2 Å². The van der Waals surface area contributed by atoms with Gasteiger partial charge in [0.1, 0.15) is 20.9 Å². The van der Waals surface area contributed by atoms with E-state index in [9.17, 15) is 24.3 Å². The van der Waals surface area contributed by atoms with E-state index in [1.807, 2.05) is 6.92 Å². The Balaban J connectivity index is 1.47. The number of thioether (sulfide) groups is 1. The normalized spacial score (nSPS) is 28.7. The lowest BCUT2D eigenvalue weighted by Crippen LogP contribution is -2.63. The van der Waals surface area contributed by atoms with Crippen LogP contribution in [0, 0.1) is 11.8 Å². The maximum absolute atomic E-state index is 12.8. The van der Waals surface area contributed by atoms with Crippen LogP contribution in [0.2, 0.25) is 0 Å². The number of anilines is 1. The van der Waals surface area contributed by atoms with Crippen LogP contribution in [0.25, 0.3) is 0 Å². The van der Waals surface area contributed by atoms with Gasteiger partial charge in [-0.3, -0.25) is 14.4 Å². The fourth-order valence-electron chi connectivity index (χ4n) is 4.88. The molecular weight excluding hydrogens is 490 g/mol. The van der Waals surface area contributed by atoms with Gasteiger partial charge in [0.15, 0.2) is 7.98 Å². The fraction of sp³-hybridized carbons (Fsp3) is 0.455. The summed E-state index contributed by atoms with van der Waals surface area (Å²) >= 11 is 1.46. The Kier molecular flexibility index (Phi) is 7.97. The van der Waals surface area contributed by atoms with E-state index in [1.165, 1.54) is 16.7 Å². The summed E-state index contributed by atoms with van der Waals surface area (Å²) in [4.78, 5) is 53.8. The molecule has 184 valence electrons. The van der Waals surface area contributed by atoms with Crippen LogP contribution < -0.4 is 15.6 Å². The molecule has 10 nitrogen and oxygen atoms in total. The maximum Gasteiger partial charge on any atom is 0.359 e. The molecule has 0 aliphatic carbocycles. The fourth-order valence-corrected chi connectivity index (χ4v) is 6.61. The molecule has 35 heavy (non-hydrogen) atoms. The summed E-state index contributed by atoms with van der Waals surface area (Å²) in [6, 6.07) is 5.90. The molecule has 0 spiro atoms. The first-order valence-electron chi connectivity index (χ1n) is 11.2. The second kappa shape index (κ2) is 10.8.